The number of sulfonamides is 2. The molecule has 1 aromatic carbocycles. The summed E-state index contributed by atoms with van der Waals surface area (Å²) in [5.41, 5.74) is 0.420. The zero-order chi connectivity index (χ0) is 19.1. The molecule has 1 aliphatic carbocycles. The standard InChI is InChI=1S/C18H25N3O4S2/c22-26(23)17-13-15(27(24,25)21-11-5-2-6-12-21)9-10-16(17)19-18(20-26)14-7-3-1-4-8-14/h9-10,13-14H,1-8,11-12H2,(H,19,20). The first-order valence-electron chi connectivity index (χ1n) is 9.64. The maximum atomic E-state index is 12.9. The van der Waals surface area contributed by atoms with Gasteiger partial charge in [-0.25, -0.2) is 8.42 Å². The Morgan fingerprint density at radius 1 is 1.00 bits per heavy atom. The van der Waals surface area contributed by atoms with Gasteiger partial charge in [-0.05, 0) is 43.9 Å². The fraction of sp³-hybridized carbons (Fsp3) is 0.611. The lowest BCUT2D eigenvalue weighted by Crippen LogP contribution is -2.36. The normalized spacial score (nSPS) is 23.9. The van der Waals surface area contributed by atoms with Crippen molar-refractivity contribution in [3.8, 4) is 0 Å². The molecule has 2 fully saturated rings. The SMILES string of the molecule is O=S1(=O)N=C(C2CCCCC2)Nc2ccc(S(=O)(=O)N3CCCCC3)cc21. The van der Waals surface area contributed by atoms with Crippen LogP contribution in [0.5, 0.6) is 0 Å². The van der Waals surface area contributed by atoms with E-state index in [1.54, 1.807) is 6.07 Å². The molecule has 148 valence electrons. The molecular formula is C18H25N3O4S2. The number of hydrogen-bond acceptors (Lipinski definition) is 5. The summed E-state index contributed by atoms with van der Waals surface area (Å²) < 4.78 is 56.7. The van der Waals surface area contributed by atoms with Crippen LogP contribution in [0.25, 0.3) is 0 Å². The molecule has 0 bridgehead atoms. The number of hydrogen-bond donors (Lipinski definition) is 1. The molecule has 2 aliphatic heterocycles. The van der Waals surface area contributed by atoms with Crippen molar-refractivity contribution in [2.75, 3.05) is 18.4 Å². The zero-order valence-electron chi connectivity index (χ0n) is 15.2. The molecule has 0 atom stereocenters. The van der Waals surface area contributed by atoms with Gasteiger partial charge in [0.05, 0.1) is 10.6 Å². The van der Waals surface area contributed by atoms with E-state index in [1.165, 1.54) is 22.9 Å². The number of benzene rings is 1. The van der Waals surface area contributed by atoms with Gasteiger partial charge in [0.2, 0.25) is 10.0 Å². The van der Waals surface area contributed by atoms with Crippen LogP contribution in [0.4, 0.5) is 5.69 Å². The van der Waals surface area contributed by atoms with Gasteiger partial charge in [0, 0.05) is 19.0 Å². The summed E-state index contributed by atoms with van der Waals surface area (Å²) in [6.07, 6.45) is 7.86. The molecule has 1 saturated carbocycles. The summed E-state index contributed by atoms with van der Waals surface area (Å²) in [6, 6.07) is 4.30. The third-order valence-electron chi connectivity index (χ3n) is 5.66. The summed E-state index contributed by atoms with van der Waals surface area (Å²) >= 11 is 0. The summed E-state index contributed by atoms with van der Waals surface area (Å²) in [4.78, 5) is -0.0371. The Balaban J connectivity index is 1.67. The first-order valence-corrected chi connectivity index (χ1v) is 12.5. The first-order chi connectivity index (χ1) is 12.9. The van der Waals surface area contributed by atoms with Gasteiger partial charge in [-0.1, -0.05) is 25.7 Å². The van der Waals surface area contributed by atoms with Crippen LogP contribution in [0.1, 0.15) is 51.4 Å². The van der Waals surface area contributed by atoms with Crippen LogP contribution in [0.2, 0.25) is 0 Å². The van der Waals surface area contributed by atoms with Crippen molar-refractivity contribution in [3.05, 3.63) is 18.2 Å². The van der Waals surface area contributed by atoms with E-state index in [2.05, 4.69) is 9.71 Å². The molecule has 0 unspecified atom stereocenters. The Morgan fingerprint density at radius 2 is 1.67 bits per heavy atom. The van der Waals surface area contributed by atoms with E-state index in [0.717, 1.165) is 44.9 Å². The van der Waals surface area contributed by atoms with Gasteiger partial charge in [-0.3, -0.25) is 0 Å². The molecule has 27 heavy (non-hydrogen) atoms. The summed E-state index contributed by atoms with van der Waals surface area (Å²) in [5.74, 6) is 0.618. The van der Waals surface area contributed by atoms with E-state index in [0.29, 0.717) is 24.6 Å². The molecule has 3 aliphatic rings. The maximum absolute atomic E-state index is 12.9. The second kappa shape index (κ2) is 7.18. The minimum Gasteiger partial charge on any atom is -0.342 e. The Bertz CT molecular complexity index is 958. The lowest BCUT2D eigenvalue weighted by molar-refractivity contribution is 0.346. The highest BCUT2D eigenvalue weighted by atomic mass is 32.2. The first kappa shape index (κ1) is 18.9. The van der Waals surface area contributed by atoms with Crippen molar-refractivity contribution < 1.29 is 16.8 Å². The average molecular weight is 412 g/mol. The number of nitrogens with one attached hydrogen (secondary N) is 1. The molecule has 2 heterocycles. The summed E-state index contributed by atoms with van der Waals surface area (Å²) in [5, 5.41) is 3.14. The zero-order valence-corrected chi connectivity index (χ0v) is 16.9. The molecule has 0 amide bonds. The third-order valence-corrected chi connectivity index (χ3v) is 8.88. The highest BCUT2D eigenvalue weighted by Gasteiger charge is 2.32. The molecule has 0 radical (unpaired) electrons. The van der Waals surface area contributed by atoms with Gasteiger partial charge in [0.15, 0.2) is 0 Å². The molecule has 1 saturated heterocycles. The largest absolute Gasteiger partial charge is 0.342 e. The van der Waals surface area contributed by atoms with Crippen LogP contribution in [0.15, 0.2) is 32.4 Å². The van der Waals surface area contributed by atoms with Gasteiger partial charge in [0.1, 0.15) is 10.7 Å². The highest BCUT2D eigenvalue weighted by Crippen LogP contribution is 2.34. The molecule has 1 aromatic rings. The van der Waals surface area contributed by atoms with Crippen molar-refractivity contribution in [3.63, 3.8) is 0 Å². The van der Waals surface area contributed by atoms with Crippen LogP contribution in [-0.4, -0.2) is 40.1 Å². The van der Waals surface area contributed by atoms with E-state index in [-0.39, 0.29) is 15.7 Å². The van der Waals surface area contributed by atoms with Crippen LogP contribution in [-0.2, 0) is 20.0 Å². The van der Waals surface area contributed by atoms with Gasteiger partial charge in [-0.15, -0.1) is 4.40 Å². The van der Waals surface area contributed by atoms with Gasteiger partial charge >= 0.3 is 0 Å². The number of anilines is 1. The lowest BCUT2D eigenvalue weighted by Gasteiger charge is -2.28. The van der Waals surface area contributed by atoms with Gasteiger partial charge < -0.3 is 5.32 Å². The van der Waals surface area contributed by atoms with Gasteiger partial charge in [0.25, 0.3) is 10.0 Å². The average Bonchev–Trinajstić information content (AvgIpc) is 2.68. The lowest BCUT2D eigenvalue weighted by atomic mass is 9.88. The Kier molecular flexibility index (Phi) is 5.02. The number of fused-ring (bicyclic) bond motifs is 1. The van der Waals surface area contributed by atoms with Crippen LogP contribution < -0.4 is 5.32 Å². The van der Waals surface area contributed by atoms with E-state index >= 15 is 0 Å². The maximum Gasteiger partial charge on any atom is 0.286 e. The Hall–Kier alpha value is -1.45. The number of amidine groups is 1. The van der Waals surface area contributed by atoms with Crippen molar-refractivity contribution >= 4 is 31.6 Å². The number of rotatable bonds is 3. The molecule has 7 nitrogen and oxygen atoms in total. The topological polar surface area (TPSA) is 95.9 Å². The second-order valence-corrected chi connectivity index (χ2v) is 11.0. The second-order valence-electron chi connectivity index (χ2n) is 7.53. The van der Waals surface area contributed by atoms with Crippen molar-refractivity contribution in [1.82, 2.24) is 4.31 Å². The third kappa shape index (κ3) is 3.64. The molecule has 9 heteroatoms. The molecule has 0 aromatic heterocycles. The molecule has 4 rings (SSSR count). The monoisotopic (exact) mass is 411 g/mol. The summed E-state index contributed by atoms with van der Waals surface area (Å²) in [7, 11) is -7.60. The van der Waals surface area contributed by atoms with Crippen LogP contribution in [0, 0.1) is 5.92 Å². The van der Waals surface area contributed by atoms with E-state index in [1.807, 2.05) is 0 Å². The van der Waals surface area contributed by atoms with Crippen molar-refractivity contribution in [2.24, 2.45) is 10.3 Å². The van der Waals surface area contributed by atoms with Crippen LogP contribution >= 0.6 is 0 Å². The smallest absolute Gasteiger partial charge is 0.286 e. The number of nitrogens with zero attached hydrogens (tertiary/aromatic N) is 2. The molecule has 0 spiro atoms. The van der Waals surface area contributed by atoms with Crippen LogP contribution in [0.3, 0.4) is 0 Å². The number of piperidine rings is 1. The van der Waals surface area contributed by atoms with E-state index < -0.39 is 20.0 Å². The highest BCUT2D eigenvalue weighted by molar-refractivity contribution is 7.91. The molecule has 1 N–H and O–H groups in total. The van der Waals surface area contributed by atoms with E-state index in [4.69, 9.17) is 0 Å². The van der Waals surface area contributed by atoms with Gasteiger partial charge in [-0.2, -0.15) is 12.7 Å². The predicted octanol–water partition coefficient (Wildman–Crippen LogP) is 2.95. The quantitative estimate of drug-likeness (QED) is 0.825. The minimum absolute atomic E-state index is 0.0184. The summed E-state index contributed by atoms with van der Waals surface area (Å²) in [6.45, 7) is 0.961. The molecular weight excluding hydrogens is 386 g/mol. The van der Waals surface area contributed by atoms with Crippen molar-refractivity contribution in [2.45, 2.75) is 61.2 Å². The fourth-order valence-corrected chi connectivity index (χ4v) is 6.97. The Labute approximate surface area is 161 Å². The van der Waals surface area contributed by atoms with Crippen molar-refractivity contribution in [1.29, 1.82) is 0 Å². The van der Waals surface area contributed by atoms with E-state index in [9.17, 15) is 16.8 Å². The Morgan fingerprint density at radius 3 is 2.37 bits per heavy atom. The fourth-order valence-electron chi connectivity index (χ4n) is 4.13. The minimum atomic E-state index is -3.91. The predicted molar refractivity (Wildman–Crippen MR) is 104 cm³/mol.